The standard InChI is InChI=1S/C25H31BN6O/c1-5-7-19(20-14-27-31-16(20)2)24(33)29-18-12-10-17(11-13-18)28-22-8-6-9-23-30-21(15-32(22)23)25(3,4)26/h5-9,14-15,18H,1,10-13,26H2,2-4H3,(H,27,31)(H,29,33)/b19-7+,28-17?. The Kier molecular flexibility index (Phi) is 6.36. The summed E-state index contributed by atoms with van der Waals surface area (Å²) in [4.78, 5) is 22.7. The van der Waals surface area contributed by atoms with E-state index < -0.39 is 0 Å². The highest BCUT2D eigenvalue weighted by molar-refractivity contribution is 6.20. The van der Waals surface area contributed by atoms with Crippen molar-refractivity contribution in [3.63, 3.8) is 0 Å². The lowest BCUT2D eigenvalue weighted by Crippen LogP contribution is -2.38. The molecular weight excluding hydrogens is 411 g/mol. The molecule has 0 spiro atoms. The highest BCUT2D eigenvalue weighted by Gasteiger charge is 2.23. The fourth-order valence-electron chi connectivity index (χ4n) is 4.11. The van der Waals surface area contributed by atoms with Gasteiger partial charge in [-0.25, -0.2) is 9.98 Å². The number of aryl methyl sites for hydroxylation is 1. The maximum atomic E-state index is 12.9. The molecular formula is C25H31BN6O. The van der Waals surface area contributed by atoms with E-state index in [0.29, 0.717) is 5.57 Å². The summed E-state index contributed by atoms with van der Waals surface area (Å²) in [5, 5.41) is 10.1. The molecule has 1 amide bonds. The molecule has 170 valence electrons. The third-order valence-electron chi connectivity index (χ3n) is 6.06. The number of hydrogen-bond donors (Lipinski definition) is 2. The van der Waals surface area contributed by atoms with Crippen LogP contribution in [0, 0.1) is 6.92 Å². The fourth-order valence-corrected chi connectivity index (χ4v) is 4.11. The normalized spacial score (nSPS) is 17.2. The molecule has 1 aliphatic rings. The van der Waals surface area contributed by atoms with Crippen molar-refractivity contribution in [2.75, 3.05) is 0 Å². The zero-order valence-corrected chi connectivity index (χ0v) is 19.9. The van der Waals surface area contributed by atoms with Crippen LogP contribution in [0.4, 0.5) is 5.82 Å². The third kappa shape index (κ3) is 5.00. The van der Waals surface area contributed by atoms with Crippen molar-refractivity contribution in [3.8, 4) is 0 Å². The van der Waals surface area contributed by atoms with Crippen LogP contribution in [0.1, 0.15) is 56.5 Å². The minimum atomic E-state index is -0.0947. The molecule has 1 aliphatic carbocycles. The second-order valence-corrected chi connectivity index (χ2v) is 9.64. The number of nitrogens with zero attached hydrogens (tertiary/aromatic N) is 4. The van der Waals surface area contributed by atoms with Crippen molar-refractivity contribution in [1.29, 1.82) is 0 Å². The largest absolute Gasteiger partial charge is 0.349 e. The predicted octanol–water partition coefficient (Wildman–Crippen LogP) is 3.63. The van der Waals surface area contributed by atoms with Crippen LogP contribution in [-0.2, 0) is 10.1 Å². The summed E-state index contributed by atoms with van der Waals surface area (Å²) in [6.45, 7) is 9.98. The first kappa shape index (κ1) is 22.8. The number of amides is 1. The number of allylic oxidation sites excluding steroid dienone is 2. The number of rotatable bonds is 6. The van der Waals surface area contributed by atoms with Gasteiger partial charge in [-0.05, 0) is 56.1 Å². The number of imidazole rings is 1. The molecule has 8 heteroatoms. The molecule has 0 saturated heterocycles. The number of hydrogen-bond acceptors (Lipinski definition) is 4. The van der Waals surface area contributed by atoms with Gasteiger partial charge in [0.1, 0.15) is 19.3 Å². The van der Waals surface area contributed by atoms with Crippen LogP contribution in [0.2, 0.25) is 0 Å². The van der Waals surface area contributed by atoms with E-state index in [9.17, 15) is 4.79 Å². The SMILES string of the molecule is BC(C)(C)c1cn2c(N=C3CCC(NC(=O)/C(=C/C=C)c4cn[nH]c4C)CC3)cccc2n1. The lowest BCUT2D eigenvalue weighted by molar-refractivity contribution is -0.116. The van der Waals surface area contributed by atoms with E-state index in [1.807, 2.05) is 25.1 Å². The monoisotopic (exact) mass is 442 g/mol. The first-order valence-electron chi connectivity index (χ1n) is 11.4. The number of nitrogens with one attached hydrogen (secondary N) is 2. The number of carbonyl (C=O) groups excluding carboxylic acids is 1. The van der Waals surface area contributed by atoms with E-state index in [1.54, 1.807) is 18.3 Å². The minimum absolute atomic E-state index is 0.0133. The second kappa shape index (κ2) is 9.21. The van der Waals surface area contributed by atoms with Crippen molar-refractivity contribution in [2.24, 2.45) is 4.99 Å². The van der Waals surface area contributed by atoms with Crippen molar-refractivity contribution < 1.29 is 4.79 Å². The lowest BCUT2D eigenvalue weighted by Gasteiger charge is -2.24. The number of carbonyl (C=O) groups is 1. The van der Waals surface area contributed by atoms with Gasteiger partial charge in [-0.15, -0.1) is 0 Å². The van der Waals surface area contributed by atoms with Gasteiger partial charge in [-0.2, -0.15) is 5.10 Å². The second-order valence-electron chi connectivity index (χ2n) is 9.64. The Bertz CT molecular complexity index is 1230. The molecule has 1 saturated carbocycles. The number of pyridine rings is 1. The van der Waals surface area contributed by atoms with Crippen LogP contribution < -0.4 is 5.32 Å². The summed E-state index contributed by atoms with van der Waals surface area (Å²) in [6.07, 6.45) is 10.6. The summed E-state index contributed by atoms with van der Waals surface area (Å²) in [6, 6.07) is 6.17. The van der Waals surface area contributed by atoms with Gasteiger partial charge in [-0.3, -0.25) is 14.3 Å². The molecule has 3 aromatic rings. The Balaban J connectivity index is 1.44. The van der Waals surface area contributed by atoms with Crippen molar-refractivity contribution in [2.45, 2.75) is 57.8 Å². The topological polar surface area (TPSA) is 87.4 Å². The van der Waals surface area contributed by atoms with Gasteiger partial charge in [0, 0.05) is 34.8 Å². The molecule has 33 heavy (non-hydrogen) atoms. The van der Waals surface area contributed by atoms with Gasteiger partial charge < -0.3 is 5.32 Å². The highest BCUT2D eigenvalue weighted by atomic mass is 16.1. The van der Waals surface area contributed by atoms with Crippen LogP contribution in [0.15, 0.2) is 54.3 Å². The fraction of sp³-hybridized carbons (Fsp3) is 0.360. The first-order chi connectivity index (χ1) is 15.8. The summed E-state index contributed by atoms with van der Waals surface area (Å²) < 4.78 is 2.07. The highest BCUT2D eigenvalue weighted by Crippen LogP contribution is 2.25. The summed E-state index contributed by atoms with van der Waals surface area (Å²) >= 11 is 0. The molecule has 0 aliphatic heterocycles. The molecule has 2 N–H and O–H groups in total. The first-order valence-corrected chi connectivity index (χ1v) is 11.4. The van der Waals surface area contributed by atoms with Gasteiger partial charge in [0.2, 0.25) is 0 Å². The average Bonchev–Trinajstić information content (AvgIpc) is 3.40. The maximum absolute atomic E-state index is 12.9. The Morgan fingerprint density at radius 2 is 2.12 bits per heavy atom. The zero-order chi connectivity index (χ0) is 23.6. The van der Waals surface area contributed by atoms with Crippen LogP contribution in [-0.4, -0.2) is 45.1 Å². The van der Waals surface area contributed by atoms with Gasteiger partial charge in [0.25, 0.3) is 5.91 Å². The van der Waals surface area contributed by atoms with E-state index in [4.69, 9.17) is 9.98 Å². The van der Waals surface area contributed by atoms with Crippen molar-refractivity contribution in [1.82, 2.24) is 24.9 Å². The number of aliphatic imine (C=N–C) groups is 1. The summed E-state index contributed by atoms with van der Waals surface area (Å²) in [7, 11) is 2.17. The smallest absolute Gasteiger partial charge is 0.252 e. The van der Waals surface area contributed by atoms with E-state index in [-0.39, 0.29) is 17.3 Å². The molecule has 0 atom stereocenters. The number of aromatic amines is 1. The number of fused-ring (bicyclic) bond motifs is 1. The van der Waals surface area contributed by atoms with Crippen molar-refractivity contribution in [3.05, 3.63) is 66.3 Å². The number of H-pyrrole nitrogens is 1. The maximum Gasteiger partial charge on any atom is 0.252 e. The predicted molar refractivity (Wildman–Crippen MR) is 136 cm³/mol. The van der Waals surface area contributed by atoms with Crippen LogP contribution >= 0.6 is 0 Å². The van der Waals surface area contributed by atoms with Crippen LogP contribution in [0.25, 0.3) is 11.2 Å². The third-order valence-corrected chi connectivity index (χ3v) is 6.06. The quantitative estimate of drug-likeness (QED) is 0.347. The molecule has 3 aromatic heterocycles. The molecule has 7 nitrogen and oxygen atoms in total. The van der Waals surface area contributed by atoms with Crippen LogP contribution in [0.5, 0.6) is 0 Å². The minimum Gasteiger partial charge on any atom is -0.349 e. The van der Waals surface area contributed by atoms with Crippen LogP contribution in [0.3, 0.4) is 0 Å². The van der Waals surface area contributed by atoms with E-state index in [0.717, 1.165) is 59.8 Å². The Morgan fingerprint density at radius 3 is 2.76 bits per heavy atom. The zero-order valence-electron chi connectivity index (χ0n) is 19.9. The average molecular weight is 442 g/mol. The lowest BCUT2D eigenvalue weighted by atomic mass is 9.70. The van der Waals surface area contributed by atoms with Crippen molar-refractivity contribution >= 4 is 36.5 Å². The Hall–Kier alpha value is -3.42. The van der Waals surface area contributed by atoms with E-state index >= 15 is 0 Å². The molecule has 4 rings (SSSR count). The van der Waals surface area contributed by atoms with Gasteiger partial charge in [0.15, 0.2) is 0 Å². The molecule has 0 unspecified atom stereocenters. The van der Waals surface area contributed by atoms with Gasteiger partial charge >= 0.3 is 0 Å². The molecule has 0 radical (unpaired) electrons. The summed E-state index contributed by atoms with van der Waals surface area (Å²) in [5.74, 6) is 0.808. The Labute approximate surface area is 195 Å². The Morgan fingerprint density at radius 1 is 1.36 bits per heavy atom. The van der Waals surface area contributed by atoms with E-state index in [1.165, 1.54) is 0 Å². The van der Waals surface area contributed by atoms with Gasteiger partial charge in [0.05, 0.1) is 11.9 Å². The van der Waals surface area contributed by atoms with E-state index in [2.05, 4.69) is 54.4 Å². The van der Waals surface area contributed by atoms with Gasteiger partial charge in [-0.1, -0.05) is 32.6 Å². The molecule has 3 heterocycles. The molecule has 1 fully saturated rings. The summed E-state index contributed by atoms with van der Waals surface area (Å²) in [5.41, 5.74) is 5.37. The molecule has 0 aromatic carbocycles. The number of aromatic nitrogens is 4. The molecule has 0 bridgehead atoms.